The summed E-state index contributed by atoms with van der Waals surface area (Å²) in [7, 11) is -2.95. The van der Waals surface area contributed by atoms with Crippen LogP contribution in [0.2, 0.25) is 0 Å². The fourth-order valence-electron chi connectivity index (χ4n) is 1.78. The molecule has 1 saturated heterocycles. The molecule has 0 aliphatic carbocycles. The Morgan fingerprint density at radius 2 is 2.35 bits per heavy atom. The summed E-state index contributed by atoms with van der Waals surface area (Å²) in [6, 6.07) is -0.170. The molecule has 1 unspecified atom stereocenters. The highest BCUT2D eigenvalue weighted by Gasteiger charge is 2.25. The monoisotopic (exact) mass is 261 g/mol. The van der Waals surface area contributed by atoms with Crippen LogP contribution in [0.3, 0.4) is 0 Å². The number of aliphatic hydroxyl groups excluding tert-OH is 1. The topological polar surface area (TPSA) is 105 Å². The van der Waals surface area contributed by atoms with Crippen LogP contribution in [-0.4, -0.2) is 54.4 Å². The van der Waals surface area contributed by atoms with Crippen molar-refractivity contribution >= 4 is 9.84 Å². The molecule has 7 nitrogen and oxygen atoms in total. The van der Waals surface area contributed by atoms with Crippen LogP contribution in [-0.2, 0) is 22.7 Å². The van der Waals surface area contributed by atoms with Crippen molar-refractivity contribution in [3.05, 3.63) is 11.7 Å². The highest BCUT2D eigenvalue weighted by atomic mass is 32.2. The van der Waals surface area contributed by atoms with E-state index < -0.39 is 9.84 Å². The van der Waals surface area contributed by atoms with Crippen LogP contribution in [0.4, 0.5) is 0 Å². The van der Waals surface area contributed by atoms with E-state index >= 15 is 0 Å². The van der Waals surface area contributed by atoms with Gasteiger partial charge in [-0.05, 0) is 0 Å². The summed E-state index contributed by atoms with van der Waals surface area (Å²) in [6.07, 6.45) is 0.748. The molecule has 1 aliphatic heterocycles. The molecule has 0 radical (unpaired) electrons. The highest BCUT2D eigenvalue weighted by molar-refractivity contribution is 7.91. The van der Waals surface area contributed by atoms with Gasteiger partial charge in [-0.3, -0.25) is 0 Å². The first kappa shape index (κ1) is 12.5. The lowest BCUT2D eigenvalue weighted by atomic mass is 10.2. The van der Waals surface area contributed by atoms with E-state index in [9.17, 15) is 8.42 Å². The number of nitrogens with one attached hydrogen (secondary N) is 1. The van der Waals surface area contributed by atoms with Crippen molar-refractivity contribution < 1.29 is 18.0 Å². The fourth-order valence-corrected chi connectivity index (χ4v) is 3.23. The quantitative estimate of drug-likeness (QED) is 0.682. The molecule has 17 heavy (non-hydrogen) atoms. The Hall–Kier alpha value is -0.990. The maximum atomic E-state index is 11.4. The zero-order valence-corrected chi connectivity index (χ0v) is 10.1. The summed E-state index contributed by atoms with van der Waals surface area (Å²) in [5, 5.41) is 15.5. The first-order valence-electron chi connectivity index (χ1n) is 5.45. The molecule has 0 bridgehead atoms. The average molecular weight is 261 g/mol. The van der Waals surface area contributed by atoms with Gasteiger partial charge in [-0.15, -0.1) is 0 Å². The number of nitrogens with zero attached hydrogens (tertiary/aromatic N) is 2. The number of aliphatic hydroxyl groups is 1. The van der Waals surface area contributed by atoms with Gasteiger partial charge in [-0.1, -0.05) is 5.16 Å². The molecule has 8 heteroatoms. The largest absolute Gasteiger partial charge is 0.396 e. The van der Waals surface area contributed by atoms with E-state index in [-0.39, 0.29) is 24.2 Å². The van der Waals surface area contributed by atoms with E-state index in [4.69, 9.17) is 9.63 Å². The SMILES string of the molecule is O=S1(=O)CCNC(Cc2nc(CCO)no2)C1. The summed E-state index contributed by atoms with van der Waals surface area (Å²) in [5.41, 5.74) is 0. The smallest absolute Gasteiger partial charge is 0.228 e. The number of sulfone groups is 1. The Kier molecular flexibility index (Phi) is 3.75. The van der Waals surface area contributed by atoms with E-state index in [2.05, 4.69) is 15.5 Å². The minimum Gasteiger partial charge on any atom is -0.396 e. The van der Waals surface area contributed by atoms with Gasteiger partial charge in [0, 0.05) is 25.4 Å². The van der Waals surface area contributed by atoms with Gasteiger partial charge in [-0.25, -0.2) is 8.42 Å². The van der Waals surface area contributed by atoms with Crippen molar-refractivity contribution in [2.45, 2.75) is 18.9 Å². The van der Waals surface area contributed by atoms with E-state index in [1.807, 2.05) is 0 Å². The third-order valence-corrected chi connectivity index (χ3v) is 4.30. The number of aromatic nitrogens is 2. The molecule has 96 valence electrons. The summed E-state index contributed by atoms with van der Waals surface area (Å²) in [5.74, 6) is 1.14. The Labute approximate surface area is 99.1 Å². The van der Waals surface area contributed by atoms with Crippen LogP contribution in [0.1, 0.15) is 11.7 Å². The second-order valence-corrected chi connectivity index (χ2v) is 6.28. The zero-order valence-electron chi connectivity index (χ0n) is 9.29. The van der Waals surface area contributed by atoms with Gasteiger partial charge in [0.15, 0.2) is 15.7 Å². The second kappa shape index (κ2) is 5.11. The number of hydrogen-bond acceptors (Lipinski definition) is 7. The molecule has 0 spiro atoms. The van der Waals surface area contributed by atoms with Crippen LogP contribution in [0.25, 0.3) is 0 Å². The molecular weight excluding hydrogens is 246 g/mol. The lowest BCUT2D eigenvalue weighted by molar-refractivity contribution is 0.292. The predicted molar refractivity (Wildman–Crippen MR) is 59.2 cm³/mol. The number of rotatable bonds is 4. The van der Waals surface area contributed by atoms with Gasteiger partial charge >= 0.3 is 0 Å². The molecule has 1 aromatic heterocycles. The molecule has 0 aromatic carbocycles. The molecule has 1 aliphatic rings. The molecule has 1 fully saturated rings. The van der Waals surface area contributed by atoms with Crippen molar-refractivity contribution in [2.24, 2.45) is 0 Å². The van der Waals surface area contributed by atoms with Crippen LogP contribution >= 0.6 is 0 Å². The van der Waals surface area contributed by atoms with Gasteiger partial charge < -0.3 is 14.9 Å². The minimum absolute atomic E-state index is 0.0327. The van der Waals surface area contributed by atoms with Gasteiger partial charge in [0.05, 0.1) is 18.1 Å². The molecule has 1 atom stereocenters. The maximum absolute atomic E-state index is 11.4. The minimum atomic E-state index is -2.95. The van der Waals surface area contributed by atoms with Crippen molar-refractivity contribution in [1.29, 1.82) is 0 Å². The van der Waals surface area contributed by atoms with E-state index in [0.29, 0.717) is 31.1 Å². The van der Waals surface area contributed by atoms with E-state index in [0.717, 1.165) is 0 Å². The normalized spacial score (nSPS) is 23.7. The Morgan fingerprint density at radius 1 is 1.53 bits per heavy atom. The first-order valence-corrected chi connectivity index (χ1v) is 7.27. The molecule has 1 aromatic rings. The fraction of sp³-hybridized carbons (Fsp3) is 0.778. The Morgan fingerprint density at radius 3 is 3.06 bits per heavy atom. The second-order valence-electron chi connectivity index (χ2n) is 4.05. The lowest BCUT2D eigenvalue weighted by Crippen LogP contribution is -2.46. The van der Waals surface area contributed by atoms with Crippen LogP contribution in [0.5, 0.6) is 0 Å². The van der Waals surface area contributed by atoms with Crippen molar-refractivity contribution in [2.75, 3.05) is 24.7 Å². The molecule has 2 rings (SSSR count). The summed E-state index contributed by atoms with van der Waals surface area (Å²) < 4.78 is 27.8. The number of hydrogen-bond donors (Lipinski definition) is 2. The van der Waals surface area contributed by atoms with Crippen molar-refractivity contribution in [3.63, 3.8) is 0 Å². The predicted octanol–water partition coefficient (Wildman–Crippen LogP) is -1.47. The van der Waals surface area contributed by atoms with Crippen LogP contribution in [0.15, 0.2) is 4.52 Å². The Bertz CT molecular complexity index is 470. The van der Waals surface area contributed by atoms with E-state index in [1.54, 1.807) is 0 Å². The van der Waals surface area contributed by atoms with Crippen LogP contribution in [0, 0.1) is 0 Å². The molecule has 0 saturated carbocycles. The third-order valence-electron chi connectivity index (χ3n) is 2.57. The van der Waals surface area contributed by atoms with Crippen LogP contribution < -0.4 is 5.32 Å². The van der Waals surface area contributed by atoms with Gasteiger partial charge in [0.2, 0.25) is 5.89 Å². The van der Waals surface area contributed by atoms with E-state index in [1.165, 1.54) is 0 Å². The zero-order chi connectivity index (χ0) is 12.3. The average Bonchev–Trinajstić information content (AvgIpc) is 2.64. The van der Waals surface area contributed by atoms with Gasteiger partial charge in [0.1, 0.15) is 0 Å². The standard InChI is InChI=1S/C9H15N3O4S/c13-3-1-8-11-9(16-12-8)5-7-6-17(14,15)4-2-10-7/h7,10,13H,1-6H2. The summed E-state index contributed by atoms with van der Waals surface area (Å²) >= 11 is 0. The molecule has 0 amide bonds. The highest BCUT2D eigenvalue weighted by Crippen LogP contribution is 2.08. The molecule has 2 N–H and O–H groups in total. The third kappa shape index (κ3) is 3.48. The van der Waals surface area contributed by atoms with Crippen molar-refractivity contribution in [3.8, 4) is 0 Å². The lowest BCUT2D eigenvalue weighted by Gasteiger charge is -2.21. The first-order chi connectivity index (χ1) is 8.09. The maximum Gasteiger partial charge on any atom is 0.228 e. The molecule has 2 heterocycles. The van der Waals surface area contributed by atoms with Gasteiger partial charge in [0.25, 0.3) is 0 Å². The van der Waals surface area contributed by atoms with Crippen molar-refractivity contribution in [1.82, 2.24) is 15.5 Å². The Balaban J connectivity index is 1.95. The summed E-state index contributed by atoms with van der Waals surface area (Å²) in [6.45, 7) is 0.430. The van der Waals surface area contributed by atoms with Gasteiger partial charge in [-0.2, -0.15) is 4.98 Å². The summed E-state index contributed by atoms with van der Waals surface area (Å²) in [4.78, 5) is 4.07. The molecular formula is C9H15N3O4S.